The maximum Gasteiger partial charge on any atom is 0.387 e. The predicted octanol–water partition coefficient (Wildman–Crippen LogP) is 4.25. The van der Waals surface area contributed by atoms with E-state index in [-0.39, 0.29) is 33.3 Å². The third-order valence-electron chi connectivity index (χ3n) is 4.09. The van der Waals surface area contributed by atoms with E-state index in [4.69, 9.17) is 0 Å². The number of halogens is 2. The van der Waals surface area contributed by atoms with Crippen LogP contribution >= 0.6 is 0 Å². The first-order valence-corrected chi connectivity index (χ1v) is 10.4. The Balaban J connectivity index is 1.82. The Morgan fingerprint density at radius 2 is 1.69 bits per heavy atom. The monoisotopic (exact) mass is 463 g/mol. The Morgan fingerprint density at radius 3 is 2.34 bits per heavy atom. The number of benzene rings is 3. The van der Waals surface area contributed by atoms with Crippen molar-refractivity contribution in [1.82, 2.24) is 0 Å². The number of nitrogens with zero attached hydrogens (tertiary/aromatic N) is 1. The van der Waals surface area contributed by atoms with Gasteiger partial charge in [0.1, 0.15) is 5.75 Å². The van der Waals surface area contributed by atoms with Gasteiger partial charge in [0.05, 0.1) is 21.1 Å². The minimum Gasteiger partial charge on any atom is -0.435 e. The molecule has 0 heterocycles. The number of ether oxygens (including phenoxy) is 1. The van der Waals surface area contributed by atoms with Crippen LogP contribution in [0.15, 0.2) is 77.7 Å². The molecular formula is C20H15F2N3O6S. The Morgan fingerprint density at radius 1 is 1.00 bits per heavy atom. The second kappa shape index (κ2) is 9.39. The first kappa shape index (κ1) is 22.6. The van der Waals surface area contributed by atoms with E-state index in [2.05, 4.69) is 14.8 Å². The molecule has 2 N–H and O–H groups in total. The minimum absolute atomic E-state index is 0.0434. The summed E-state index contributed by atoms with van der Waals surface area (Å²) >= 11 is 0. The number of amides is 1. The largest absolute Gasteiger partial charge is 0.435 e. The Kier molecular flexibility index (Phi) is 6.64. The van der Waals surface area contributed by atoms with Crippen molar-refractivity contribution in [2.75, 3.05) is 10.0 Å². The molecule has 166 valence electrons. The standard InChI is InChI=1S/C20H15F2N3O6S/c21-20(22)31-15-5-3-4-13(12-15)23-19(26)17-6-1-2-7-18(17)24-32(29,30)16-10-8-14(9-11-16)25(27)28/h1-12,20,24H,(H,23,26). The van der Waals surface area contributed by atoms with Crippen molar-refractivity contribution in [3.63, 3.8) is 0 Å². The molecule has 3 aromatic carbocycles. The normalized spacial score (nSPS) is 11.1. The number of carbonyl (C=O) groups excluding carboxylic acids is 1. The number of sulfonamides is 1. The van der Waals surface area contributed by atoms with E-state index < -0.39 is 27.5 Å². The van der Waals surface area contributed by atoms with Crippen LogP contribution in [-0.4, -0.2) is 25.9 Å². The number of carbonyl (C=O) groups is 1. The Labute approximate surface area is 180 Å². The number of hydrogen-bond donors (Lipinski definition) is 2. The van der Waals surface area contributed by atoms with E-state index >= 15 is 0 Å². The van der Waals surface area contributed by atoms with E-state index in [0.29, 0.717) is 0 Å². The van der Waals surface area contributed by atoms with Crippen molar-refractivity contribution in [2.45, 2.75) is 11.5 Å². The van der Waals surface area contributed by atoms with Gasteiger partial charge in [-0.25, -0.2) is 8.42 Å². The minimum atomic E-state index is -4.16. The van der Waals surface area contributed by atoms with Crippen LogP contribution in [0.4, 0.5) is 25.8 Å². The number of nitro benzene ring substituents is 1. The molecule has 0 bridgehead atoms. The van der Waals surface area contributed by atoms with Crippen molar-refractivity contribution in [2.24, 2.45) is 0 Å². The maximum absolute atomic E-state index is 12.7. The van der Waals surface area contributed by atoms with E-state index in [0.717, 1.165) is 24.3 Å². The Hall–Kier alpha value is -4.06. The lowest BCUT2D eigenvalue weighted by Gasteiger charge is -2.13. The molecule has 0 saturated heterocycles. The highest BCUT2D eigenvalue weighted by Gasteiger charge is 2.20. The molecule has 9 nitrogen and oxygen atoms in total. The molecule has 1 amide bonds. The zero-order valence-corrected chi connectivity index (χ0v) is 16.9. The molecule has 3 rings (SSSR count). The lowest BCUT2D eigenvalue weighted by Crippen LogP contribution is -2.18. The summed E-state index contributed by atoms with van der Waals surface area (Å²) in [6.07, 6.45) is 0. The van der Waals surface area contributed by atoms with E-state index in [1.54, 1.807) is 0 Å². The fourth-order valence-corrected chi connectivity index (χ4v) is 3.75. The van der Waals surface area contributed by atoms with Gasteiger partial charge in [0.25, 0.3) is 21.6 Å². The molecular weight excluding hydrogens is 448 g/mol. The van der Waals surface area contributed by atoms with Crippen LogP contribution < -0.4 is 14.8 Å². The molecule has 0 spiro atoms. The molecule has 0 aromatic heterocycles. The SMILES string of the molecule is O=C(Nc1cccc(OC(F)F)c1)c1ccccc1NS(=O)(=O)c1ccc([N+](=O)[O-])cc1. The van der Waals surface area contributed by atoms with Gasteiger partial charge in [0, 0.05) is 23.9 Å². The zero-order chi connectivity index (χ0) is 23.3. The Bertz CT molecular complexity index is 1250. The molecule has 3 aromatic rings. The smallest absolute Gasteiger partial charge is 0.387 e. The van der Waals surface area contributed by atoms with Crippen molar-refractivity contribution in [3.8, 4) is 5.75 Å². The second-order valence-corrected chi connectivity index (χ2v) is 7.94. The van der Waals surface area contributed by atoms with Gasteiger partial charge < -0.3 is 10.1 Å². The molecule has 0 aliphatic heterocycles. The highest BCUT2D eigenvalue weighted by molar-refractivity contribution is 7.92. The molecule has 0 aliphatic rings. The number of para-hydroxylation sites is 1. The van der Waals surface area contributed by atoms with Crippen LogP contribution in [0.3, 0.4) is 0 Å². The maximum atomic E-state index is 12.7. The molecule has 0 fully saturated rings. The number of alkyl halides is 2. The quantitative estimate of drug-likeness (QED) is 0.380. The van der Waals surface area contributed by atoms with E-state index in [1.807, 2.05) is 0 Å². The van der Waals surface area contributed by atoms with E-state index in [1.165, 1.54) is 48.5 Å². The number of hydrogen-bond acceptors (Lipinski definition) is 6. The molecule has 0 atom stereocenters. The molecule has 0 aliphatic carbocycles. The molecule has 12 heteroatoms. The van der Waals surface area contributed by atoms with Gasteiger partial charge in [-0.3, -0.25) is 19.6 Å². The summed E-state index contributed by atoms with van der Waals surface area (Å²) in [5.74, 6) is -0.869. The van der Waals surface area contributed by atoms with Gasteiger partial charge in [-0.05, 0) is 36.4 Å². The van der Waals surface area contributed by atoms with Gasteiger partial charge in [0.2, 0.25) is 0 Å². The summed E-state index contributed by atoms with van der Waals surface area (Å²) in [7, 11) is -4.16. The lowest BCUT2D eigenvalue weighted by atomic mass is 10.1. The summed E-state index contributed by atoms with van der Waals surface area (Å²) in [4.78, 5) is 22.5. The fourth-order valence-electron chi connectivity index (χ4n) is 2.67. The van der Waals surface area contributed by atoms with Crippen LogP contribution in [-0.2, 0) is 10.0 Å². The first-order valence-electron chi connectivity index (χ1n) is 8.88. The highest BCUT2D eigenvalue weighted by atomic mass is 32.2. The van der Waals surface area contributed by atoms with Crippen molar-refractivity contribution in [1.29, 1.82) is 0 Å². The summed E-state index contributed by atoms with van der Waals surface area (Å²) in [5.41, 5.74) is -0.218. The topological polar surface area (TPSA) is 128 Å². The van der Waals surface area contributed by atoms with Gasteiger partial charge in [0.15, 0.2) is 0 Å². The van der Waals surface area contributed by atoms with Crippen LogP contribution in [0.5, 0.6) is 5.75 Å². The third kappa shape index (κ3) is 5.55. The average Bonchev–Trinajstić information content (AvgIpc) is 2.73. The molecule has 32 heavy (non-hydrogen) atoms. The van der Waals surface area contributed by atoms with Crippen LogP contribution in [0.1, 0.15) is 10.4 Å². The third-order valence-corrected chi connectivity index (χ3v) is 5.47. The van der Waals surface area contributed by atoms with Crippen LogP contribution in [0.25, 0.3) is 0 Å². The van der Waals surface area contributed by atoms with Gasteiger partial charge >= 0.3 is 6.61 Å². The molecule has 0 saturated carbocycles. The number of rotatable bonds is 8. The van der Waals surface area contributed by atoms with Gasteiger partial charge in [-0.1, -0.05) is 18.2 Å². The summed E-state index contributed by atoms with van der Waals surface area (Å²) < 4.78 is 56.7. The number of nitrogens with one attached hydrogen (secondary N) is 2. The van der Waals surface area contributed by atoms with Crippen molar-refractivity contribution in [3.05, 3.63) is 88.5 Å². The van der Waals surface area contributed by atoms with E-state index in [9.17, 15) is 32.1 Å². The number of non-ortho nitro benzene ring substituents is 1. The van der Waals surface area contributed by atoms with Crippen LogP contribution in [0, 0.1) is 10.1 Å². The summed E-state index contributed by atoms with van der Waals surface area (Å²) in [6, 6.07) is 15.3. The first-order chi connectivity index (χ1) is 15.2. The summed E-state index contributed by atoms with van der Waals surface area (Å²) in [6.45, 7) is -3.03. The lowest BCUT2D eigenvalue weighted by molar-refractivity contribution is -0.384. The van der Waals surface area contributed by atoms with Crippen LogP contribution in [0.2, 0.25) is 0 Å². The second-order valence-electron chi connectivity index (χ2n) is 6.26. The highest BCUT2D eigenvalue weighted by Crippen LogP contribution is 2.24. The molecule has 0 unspecified atom stereocenters. The van der Waals surface area contributed by atoms with Crippen molar-refractivity contribution < 1.29 is 31.7 Å². The zero-order valence-electron chi connectivity index (χ0n) is 16.1. The molecule has 0 radical (unpaired) electrons. The fraction of sp³-hybridized carbons (Fsp3) is 0.0500. The van der Waals surface area contributed by atoms with Crippen molar-refractivity contribution >= 4 is 33.0 Å². The predicted molar refractivity (Wildman–Crippen MR) is 111 cm³/mol. The summed E-state index contributed by atoms with van der Waals surface area (Å²) in [5, 5.41) is 13.2. The number of anilines is 2. The van der Waals surface area contributed by atoms with Gasteiger partial charge in [-0.15, -0.1) is 0 Å². The average molecular weight is 463 g/mol. The van der Waals surface area contributed by atoms with Gasteiger partial charge in [-0.2, -0.15) is 8.78 Å². The number of nitro groups is 1.